The second kappa shape index (κ2) is 5.95. The van der Waals surface area contributed by atoms with Gasteiger partial charge in [0.15, 0.2) is 0 Å². The maximum Gasteiger partial charge on any atom is 0.269 e. The average Bonchev–Trinajstić information content (AvgIpc) is 2.63. The summed E-state index contributed by atoms with van der Waals surface area (Å²) in [5, 5.41) is 24.4. The largest absolute Gasteiger partial charge is 0.387 e. The lowest BCUT2D eigenvalue weighted by atomic mass is 9.94. The molecule has 1 saturated heterocycles. The van der Waals surface area contributed by atoms with E-state index in [9.17, 15) is 15.2 Å². The number of hydrogen-bond donors (Lipinski definition) is 2. The molecule has 0 spiro atoms. The molecule has 1 aromatic carbocycles. The minimum absolute atomic E-state index is 0.0118. The summed E-state index contributed by atoms with van der Waals surface area (Å²) >= 11 is 0. The second-order valence-corrected chi connectivity index (χ2v) is 7.00. The molecule has 2 N–H and O–H groups in total. The highest BCUT2D eigenvalue weighted by molar-refractivity contribution is 5.35. The molecule has 0 aliphatic carbocycles. The molecule has 0 bridgehead atoms. The smallest absolute Gasteiger partial charge is 0.269 e. The normalized spacial score (nSPS) is 24.1. The van der Waals surface area contributed by atoms with Gasteiger partial charge in [-0.25, -0.2) is 0 Å². The topological polar surface area (TPSA) is 84.6 Å². The van der Waals surface area contributed by atoms with Gasteiger partial charge in [0, 0.05) is 24.7 Å². The van der Waals surface area contributed by atoms with Crippen LogP contribution in [-0.4, -0.2) is 33.8 Å². The first kappa shape index (κ1) is 16.9. The van der Waals surface area contributed by atoms with Crippen molar-refractivity contribution in [3.05, 3.63) is 39.9 Å². The molecule has 0 radical (unpaired) electrons. The summed E-state index contributed by atoms with van der Waals surface area (Å²) in [7, 11) is 0. The van der Waals surface area contributed by atoms with Crippen LogP contribution >= 0.6 is 0 Å². The fraction of sp³-hybridized carbons (Fsp3) is 0.625. The molecular formula is C16H24N2O4. The Bertz CT molecular complexity index is 557. The highest BCUT2D eigenvalue weighted by Gasteiger charge is 2.45. The van der Waals surface area contributed by atoms with E-state index < -0.39 is 11.0 Å². The molecule has 0 amide bonds. The number of benzene rings is 1. The van der Waals surface area contributed by atoms with Crippen molar-refractivity contribution < 1.29 is 14.8 Å². The standard InChI is InChI=1S/C16H24N2O4/c1-15(2)9-14(16(3,4)22-15)17-10-13(19)11-6-5-7-12(8-11)18(20)21/h5-8,13-14,17,19H,9-10H2,1-4H3. The molecule has 1 aliphatic rings. The second-order valence-electron chi connectivity index (χ2n) is 7.00. The first-order chi connectivity index (χ1) is 10.1. The van der Waals surface area contributed by atoms with Gasteiger partial charge in [-0.1, -0.05) is 12.1 Å². The molecule has 22 heavy (non-hydrogen) atoms. The van der Waals surface area contributed by atoms with Crippen LogP contribution in [0, 0.1) is 10.1 Å². The van der Waals surface area contributed by atoms with Crippen molar-refractivity contribution in [2.45, 2.75) is 57.5 Å². The first-order valence-corrected chi connectivity index (χ1v) is 7.47. The van der Waals surface area contributed by atoms with Crippen molar-refractivity contribution in [1.29, 1.82) is 0 Å². The Labute approximate surface area is 130 Å². The summed E-state index contributed by atoms with van der Waals surface area (Å²) in [5.74, 6) is 0. The summed E-state index contributed by atoms with van der Waals surface area (Å²) in [6, 6.07) is 6.23. The number of rotatable bonds is 5. The molecule has 1 fully saturated rings. The zero-order valence-corrected chi connectivity index (χ0v) is 13.5. The lowest BCUT2D eigenvalue weighted by Crippen LogP contribution is -2.44. The third-order valence-corrected chi connectivity index (χ3v) is 4.10. The summed E-state index contributed by atoms with van der Waals surface area (Å²) in [6.45, 7) is 8.48. The van der Waals surface area contributed by atoms with E-state index >= 15 is 0 Å². The number of ether oxygens (including phenoxy) is 1. The Balaban J connectivity index is 2.00. The minimum Gasteiger partial charge on any atom is -0.387 e. The number of non-ortho nitro benzene ring substituents is 1. The quantitative estimate of drug-likeness (QED) is 0.645. The summed E-state index contributed by atoms with van der Waals surface area (Å²) in [4.78, 5) is 10.3. The maximum atomic E-state index is 10.8. The van der Waals surface area contributed by atoms with Crippen molar-refractivity contribution in [1.82, 2.24) is 5.32 Å². The Hall–Kier alpha value is -1.50. The van der Waals surface area contributed by atoms with Crippen LogP contribution in [0.3, 0.4) is 0 Å². The van der Waals surface area contributed by atoms with E-state index in [1.165, 1.54) is 12.1 Å². The SMILES string of the molecule is CC1(C)CC(NCC(O)c2cccc([N+](=O)[O-])c2)C(C)(C)O1. The third-order valence-electron chi connectivity index (χ3n) is 4.10. The van der Waals surface area contributed by atoms with Crippen LogP contribution in [0.15, 0.2) is 24.3 Å². The van der Waals surface area contributed by atoms with Crippen LogP contribution in [0.4, 0.5) is 5.69 Å². The van der Waals surface area contributed by atoms with E-state index in [1.807, 2.05) is 27.7 Å². The maximum absolute atomic E-state index is 10.8. The molecule has 6 nitrogen and oxygen atoms in total. The molecule has 2 unspecified atom stereocenters. The molecule has 1 aliphatic heterocycles. The Kier molecular flexibility index (Phi) is 4.56. The Morgan fingerprint density at radius 3 is 2.68 bits per heavy atom. The highest BCUT2D eigenvalue weighted by atomic mass is 16.6. The first-order valence-electron chi connectivity index (χ1n) is 7.47. The summed E-state index contributed by atoms with van der Waals surface area (Å²) in [6.07, 6.45) is 0.0567. The van der Waals surface area contributed by atoms with Crippen molar-refractivity contribution >= 4 is 5.69 Å². The molecule has 1 aromatic rings. The lowest BCUT2D eigenvalue weighted by molar-refractivity contribution is -0.385. The van der Waals surface area contributed by atoms with E-state index in [0.717, 1.165) is 6.42 Å². The summed E-state index contributed by atoms with van der Waals surface area (Å²) in [5.41, 5.74) is 0.0173. The number of aliphatic hydroxyl groups is 1. The fourth-order valence-electron chi connectivity index (χ4n) is 3.10. The van der Waals surface area contributed by atoms with Crippen LogP contribution in [-0.2, 0) is 4.74 Å². The number of nitro groups is 1. The highest BCUT2D eigenvalue weighted by Crippen LogP contribution is 2.37. The van der Waals surface area contributed by atoms with Crippen molar-refractivity contribution in [2.75, 3.05) is 6.54 Å². The van der Waals surface area contributed by atoms with E-state index in [4.69, 9.17) is 4.74 Å². The van der Waals surface area contributed by atoms with Gasteiger partial charge in [-0.15, -0.1) is 0 Å². The van der Waals surface area contributed by atoms with Gasteiger partial charge in [-0.2, -0.15) is 0 Å². The third kappa shape index (κ3) is 3.82. The zero-order valence-electron chi connectivity index (χ0n) is 13.5. The van der Waals surface area contributed by atoms with Crippen LogP contribution in [0.1, 0.15) is 45.8 Å². The summed E-state index contributed by atoms with van der Waals surface area (Å²) < 4.78 is 6.00. The van der Waals surface area contributed by atoms with Crippen LogP contribution in [0.2, 0.25) is 0 Å². The van der Waals surface area contributed by atoms with Gasteiger partial charge in [0.05, 0.1) is 22.2 Å². The Morgan fingerprint density at radius 1 is 1.45 bits per heavy atom. The van der Waals surface area contributed by atoms with Crippen LogP contribution < -0.4 is 5.32 Å². The predicted octanol–water partition coefficient (Wildman–Crippen LogP) is 2.56. The Morgan fingerprint density at radius 2 is 2.14 bits per heavy atom. The number of aliphatic hydroxyl groups excluding tert-OH is 1. The van der Waals surface area contributed by atoms with Gasteiger partial charge in [-0.3, -0.25) is 10.1 Å². The fourth-order valence-corrected chi connectivity index (χ4v) is 3.10. The van der Waals surface area contributed by atoms with E-state index in [-0.39, 0.29) is 22.9 Å². The molecule has 2 atom stereocenters. The number of hydrogen-bond acceptors (Lipinski definition) is 5. The lowest BCUT2D eigenvalue weighted by Gasteiger charge is -2.28. The van der Waals surface area contributed by atoms with Gasteiger partial charge >= 0.3 is 0 Å². The van der Waals surface area contributed by atoms with Gasteiger partial charge in [0.2, 0.25) is 0 Å². The van der Waals surface area contributed by atoms with Gasteiger partial charge in [0.25, 0.3) is 5.69 Å². The monoisotopic (exact) mass is 308 g/mol. The van der Waals surface area contributed by atoms with E-state index in [2.05, 4.69) is 5.32 Å². The van der Waals surface area contributed by atoms with Crippen LogP contribution in [0.5, 0.6) is 0 Å². The number of nitro benzene ring substituents is 1. The number of nitrogens with zero attached hydrogens (tertiary/aromatic N) is 1. The molecule has 6 heteroatoms. The molecule has 0 saturated carbocycles. The van der Waals surface area contributed by atoms with Crippen molar-refractivity contribution in [3.8, 4) is 0 Å². The molecule has 1 heterocycles. The van der Waals surface area contributed by atoms with Crippen molar-refractivity contribution in [3.63, 3.8) is 0 Å². The van der Waals surface area contributed by atoms with Gasteiger partial charge < -0.3 is 15.2 Å². The zero-order chi connectivity index (χ0) is 16.5. The van der Waals surface area contributed by atoms with E-state index in [1.54, 1.807) is 12.1 Å². The van der Waals surface area contributed by atoms with Crippen molar-refractivity contribution in [2.24, 2.45) is 0 Å². The number of nitrogens with one attached hydrogen (secondary N) is 1. The molecule has 2 rings (SSSR count). The van der Waals surface area contributed by atoms with E-state index in [0.29, 0.717) is 12.1 Å². The predicted molar refractivity (Wildman–Crippen MR) is 83.7 cm³/mol. The minimum atomic E-state index is -0.792. The molecule has 122 valence electrons. The van der Waals surface area contributed by atoms with Gasteiger partial charge in [-0.05, 0) is 39.7 Å². The average molecular weight is 308 g/mol. The molecule has 0 aromatic heterocycles. The van der Waals surface area contributed by atoms with Crippen LogP contribution in [0.25, 0.3) is 0 Å². The molecular weight excluding hydrogens is 284 g/mol. The van der Waals surface area contributed by atoms with Gasteiger partial charge in [0.1, 0.15) is 0 Å².